The van der Waals surface area contributed by atoms with Crippen LogP contribution in [0.15, 0.2) is 24.3 Å². The second-order valence-electron chi connectivity index (χ2n) is 4.24. The Morgan fingerprint density at radius 1 is 1.50 bits per heavy atom. The topological polar surface area (TPSA) is 35.5 Å². The van der Waals surface area contributed by atoms with Gasteiger partial charge in [-0.15, -0.1) is 0 Å². The molecule has 0 N–H and O–H groups in total. The number of carbonyl (C=O) groups excluding carboxylic acids is 1. The predicted octanol–water partition coefficient (Wildman–Crippen LogP) is 1.98. The summed E-state index contributed by atoms with van der Waals surface area (Å²) >= 11 is 0. The van der Waals surface area contributed by atoms with Crippen LogP contribution in [0.5, 0.6) is 5.75 Å². The molecular weight excluding hydrogens is 204 g/mol. The molecule has 16 heavy (non-hydrogen) atoms. The van der Waals surface area contributed by atoms with Gasteiger partial charge in [-0.3, -0.25) is 4.79 Å². The quantitative estimate of drug-likeness (QED) is 0.778. The average molecular weight is 220 g/mol. The number of rotatable bonds is 4. The number of fused-ring (bicyclic) bond motifs is 1. The number of ether oxygens (including phenoxy) is 2. The summed E-state index contributed by atoms with van der Waals surface area (Å²) in [5.41, 5.74) is 1.10. The molecule has 1 aromatic rings. The molecule has 0 bridgehead atoms. The van der Waals surface area contributed by atoms with Crippen molar-refractivity contribution in [2.24, 2.45) is 0 Å². The van der Waals surface area contributed by atoms with Crippen molar-refractivity contribution in [1.29, 1.82) is 0 Å². The summed E-state index contributed by atoms with van der Waals surface area (Å²) in [5, 5.41) is 0. The van der Waals surface area contributed by atoms with Gasteiger partial charge in [0.1, 0.15) is 12.4 Å². The second kappa shape index (κ2) is 4.66. The first-order valence-electron chi connectivity index (χ1n) is 5.55. The van der Waals surface area contributed by atoms with Gasteiger partial charge >= 0.3 is 0 Å². The summed E-state index contributed by atoms with van der Waals surface area (Å²) in [7, 11) is 0. The van der Waals surface area contributed by atoms with Crippen LogP contribution in [0.3, 0.4) is 0 Å². The Bertz CT molecular complexity index is 360. The fraction of sp³-hybridized carbons (Fsp3) is 0.462. The summed E-state index contributed by atoms with van der Waals surface area (Å²) in [6.45, 7) is 3.96. The van der Waals surface area contributed by atoms with E-state index in [1.54, 1.807) is 0 Å². The standard InChI is InChI=1S/C13H16O3/c1-9(2)15-8-11(14)13-7-10-5-3-4-6-12(10)16-13/h3-6,9,13H,7-8H2,1-2H3. The third-order valence-corrected chi connectivity index (χ3v) is 2.57. The normalized spacial score (nSPS) is 18.3. The lowest BCUT2D eigenvalue weighted by Gasteiger charge is -2.11. The van der Waals surface area contributed by atoms with Crippen molar-refractivity contribution >= 4 is 5.78 Å². The Labute approximate surface area is 95.4 Å². The van der Waals surface area contributed by atoms with Crippen molar-refractivity contribution in [1.82, 2.24) is 0 Å². The maximum absolute atomic E-state index is 11.8. The van der Waals surface area contributed by atoms with E-state index in [0.29, 0.717) is 6.42 Å². The molecule has 0 spiro atoms. The molecule has 0 radical (unpaired) electrons. The molecule has 3 heteroatoms. The zero-order chi connectivity index (χ0) is 11.5. The molecule has 1 atom stereocenters. The minimum absolute atomic E-state index is 0.0184. The molecule has 1 unspecified atom stereocenters. The third-order valence-electron chi connectivity index (χ3n) is 2.57. The minimum Gasteiger partial charge on any atom is -0.482 e. The fourth-order valence-electron chi connectivity index (χ4n) is 1.70. The van der Waals surface area contributed by atoms with Gasteiger partial charge in [0.2, 0.25) is 0 Å². The van der Waals surface area contributed by atoms with Crippen molar-refractivity contribution in [2.45, 2.75) is 32.5 Å². The van der Waals surface area contributed by atoms with E-state index in [2.05, 4.69) is 0 Å². The maximum Gasteiger partial charge on any atom is 0.199 e. The number of hydrogen-bond donors (Lipinski definition) is 0. The summed E-state index contributed by atoms with van der Waals surface area (Å²) < 4.78 is 10.9. The lowest BCUT2D eigenvalue weighted by atomic mass is 10.1. The molecular formula is C13H16O3. The molecule has 1 aliphatic rings. The third kappa shape index (κ3) is 2.42. The molecule has 1 aliphatic heterocycles. The SMILES string of the molecule is CC(C)OCC(=O)C1Cc2ccccc2O1. The van der Waals surface area contributed by atoms with Crippen LogP contribution < -0.4 is 4.74 Å². The maximum atomic E-state index is 11.8. The highest BCUT2D eigenvalue weighted by Gasteiger charge is 2.28. The van der Waals surface area contributed by atoms with Crippen LogP contribution in [-0.2, 0) is 16.0 Å². The molecule has 0 saturated carbocycles. The minimum atomic E-state index is -0.365. The van der Waals surface area contributed by atoms with Gasteiger partial charge in [0.25, 0.3) is 0 Å². The first kappa shape index (κ1) is 11.1. The van der Waals surface area contributed by atoms with Gasteiger partial charge in [-0.1, -0.05) is 18.2 Å². The number of benzene rings is 1. The summed E-state index contributed by atoms with van der Waals surface area (Å²) in [6, 6.07) is 7.76. The zero-order valence-electron chi connectivity index (χ0n) is 9.60. The lowest BCUT2D eigenvalue weighted by Crippen LogP contribution is -2.30. The van der Waals surface area contributed by atoms with E-state index in [4.69, 9.17) is 9.47 Å². The van der Waals surface area contributed by atoms with E-state index >= 15 is 0 Å². The van der Waals surface area contributed by atoms with Crippen LogP contribution in [0.4, 0.5) is 0 Å². The number of hydrogen-bond acceptors (Lipinski definition) is 3. The van der Waals surface area contributed by atoms with Gasteiger partial charge in [-0.25, -0.2) is 0 Å². The first-order chi connectivity index (χ1) is 7.66. The van der Waals surface area contributed by atoms with Crippen LogP contribution in [0, 0.1) is 0 Å². The van der Waals surface area contributed by atoms with Crippen molar-refractivity contribution in [3.63, 3.8) is 0 Å². The first-order valence-corrected chi connectivity index (χ1v) is 5.55. The fourth-order valence-corrected chi connectivity index (χ4v) is 1.70. The molecule has 1 heterocycles. The Balaban J connectivity index is 1.93. The Hall–Kier alpha value is -1.35. The van der Waals surface area contributed by atoms with Crippen molar-refractivity contribution < 1.29 is 14.3 Å². The van der Waals surface area contributed by atoms with Gasteiger partial charge in [0.15, 0.2) is 11.9 Å². The van der Waals surface area contributed by atoms with Gasteiger partial charge < -0.3 is 9.47 Å². The van der Waals surface area contributed by atoms with Gasteiger partial charge in [0.05, 0.1) is 6.10 Å². The van der Waals surface area contributed by atoms with E-state index in [9.17, 15) is 4.79 Å². The summed E-state index contributed by atoms with van der Waals surface area (Å²) in [4.78, 5) is 11.8. The average Bonchev–Trinajstić information content (AvgIpc) is 2.69. The van der Waals surface area contributed by atoms with Crippen molar-refractivity contribution in [3.05, 3.63) is 29.8 Å². The van der Waals surface area contributed by atoms with E-state index in [1.807, 2.05) is 38.1 Å². The van der Waals surface area contributed by atoms with Crippen molar-refractivity contribution in [3.8, 4) is 5.75 Å². The number of Topliss-reactive ketones (excluding diaryl/α,β-unsaturated/α-hetero) is 1. The van der Waals surface area contributed by atoms with Gasteiger partial charge in [-0.2, -0.15) is 0 Å². The summed E-state index contributed by atoms with van der Waals surface area (Å²) in [5.74, 6) is 0.843. The molecule has 86 valence electrons. The molecule has 0 saturated heterocycles. The van der Waals surface area contributed by atoms with E-state index in [0.717, 1.165) is 11.3 Å². The second-order valence-corrected chi connectivity index (χ2v) is 4.24. The Morgan fingerprint density at radius 2 is 2.25 bits per heavy atom. The monoisotopic (exact) mass is 220 g/mol. The molecule has 2 rings (SSSR count). The molecule has 3 nitrogen and oxygen atoms in total. The molecule has 0 amide bonds. The predicted molar refractivity (Wildman–Crippen MR) is 60.7 cm³/mol. The number of carbonyl (C=O) groups is 1. The van der Waals surface area contributed by atoms with Crippen molar-refractivity contribution in [2.75, 3.05) is 6.61 Å². The zero-order valence-corrected chi connectivity index (χ0v) is 9.60. The van der Waals surface area contributed by atoms with Crippen LogP contribution >= 0.6 is 0 Å². The highest BCUT2D eigenvalue weighted by atomic mass is 16.5. The van der Waals surface area contributed by atoms with Gasteiger partial charge in [-0.05, 0) is 25.5 Å². The number of para-hydroxylation sites is 1. The smallest absolute Gasteiger partial charge is 0.199 e. The van der Waals surface area contributed by atoms with Crippen LogP contribution in [0.1, 0.15) is 19.4 Å². The van der Waals surface area contributed by atoms with Crippen LogP contribution in [0.2, 0.25) is 0 Å². The van der Waals surface area contributed by atoms with E-state index in [1.165, 1.54) is 0 Å². The molecule has 0 aromatic heterocycles. The van der Waals surface area contributed by atoms with Crippen LogP contribution in [-0.4, -0.2) is 24.6 Å². The highest BCUT2D eigenvalue weighted by molar-refractivity contribution is 5.85. The summed E-state index contributed by atoms with van der Waals surface area (Å²) in [6.07, 6.45) is 0.375. The van der Waals surface area contributed by atoms with Gasteiger partial charge in [0, 0.05) is 6.42 Å². The molecule has 0 fully saturated rings. The molecule has 0 aliphatic carbocycles. The largest absolute Gasteiger partial charge is 0.482 e. The molecule has 1 aromatic carbocycles. The Morgan fingerprint density at radius 3 is 2.94 bits per heavy atom. The van der Waals surface area contributed by atoms with Crippen LogP contribution in [0.25, 0.3) is 0 Å². The van der Waals surface area contributed by atoms with E-state index < -0.39 is 0 Å². The van der Waals surface area contributed by atoms with E-state index in [-0.39, 0.29) is 24.6 Å². The highest BCUT2D eigenvalue weighted by Crippen LogP contribution is 2.28. The lowest BCUT2D eigenvalue weighted by molar-refractivity contribution is -0.131. The number of ketones is 1. The Kier molecular flexibility index (Phi) is 3.25.